The molecule has 1 saturated heterocycles. The Hall–Kier alpha value is -3.04. The van der Waals surface area contributed by atoms with Gasteiger partial charge >= 0.3 is 5.69 Å². The third kappa shape index (κ3) is 3.06. The summed E-state index contributed by atoms with van der Waals surface area (Å²) in [7, 11) is 3.43. The summed E-state index contributed by atoms with van der Waals surface area (Å²) in [6.07, 6.45) is 6.05. The van der Waals surface area contributed by atoms with Crippen LogP contribution in [0, 0.1) is 5.92 Å². The van der Waals surface area contributed by atoms with Crippen molar-refractivity contribution in [3.05, 3.63) is 62.6 Å². The first-order valence-corrected chi connectivity index (χ1v) is 12.1. The van der Waals surface area contributed by atoms with Gasteiger partial charge in [0, 0.05) is 37.9 Å². The van der Waals surface area contributed by atoms with Crippen LogP contribution in [0.4, 0.5) is 0 Å². The highest BCUT2D eigenvalue weighted by Crippen LogP contribution is 2.45. The van der Waals surface area contributed by atoms with Gasteiger partial charge in [-0.25, -0.2) is 14.8 Å². The predicted molar refractivity (Wildman–Crippen MR) is 128 cm³/mol. The molecule has 4 aromatic rings. The summed E-state index contributed by atoms with van der Waals surface area (Å²) in [6.45, 7) is 1.34. The van der Waals surface area contributed by atoms with Crippen molar-refractivity contribution in [3.63, 3.8) is 0 Å². The van der Waals surface area contributed by atoms with Gasteiger partial charge < -0.3 is 10.1 Å². The smallest absolute Gasteiger partial charge is 0.331 e. The molecule has 1 N–H and O–H groups in total. The number of rotatable bonds is 4. The van der Waals surface area contributed by atoms with E-state index < -0.39 is 0 Å². The summed E-state index contributed by atoms with van der Waals surface area (Å²) in [5, 5.41) is 3.68. The highest BCUT2D eigenvalue weighted by molar-refractivity contribution is 7.25. The molecular weight excluding hydrogens is 438 g/mol. The molecule has 4 heterocycles. The first kappa shape index (κ1) is 20.6. The van der Waals surface area contributed by atoms with E-state index in [2.05, 4.69) is 27.4 Å². The van der Waals surface area contributed by atoms with E-state index in [1.165, 1.54) is 31.6 Å². The van der Waals surface area contributed by atoms with Crippen LogP contribution in [-0.4, -0.2) is 38.8 Å². The lowest BCUT2D eigenvalue weighted by Gasteiger charge is -2.32. The number of nitrogens with zero attached hydrogens (tertiary/aromatic N) is 4. The second-order valence-corrected chi connectivity index (χ2v) is 9.94. The van der Waals surface area contributed by atoms with Crippen molar-refractivity contribution in [2.24, 2.45) is 13.0 Å². The molecule has 0 saturated carbocycles. The molecule has 0 spiro atoms. The summed E-state index contributed by atoms with van der Waals surface area (Å²) in [4.78, 5) is 35.8. The van der Waals surface area contributed by atoms with Crippen LogP contribution in [-0.2, 0) is 20.0 Å². The number of ether oxygens (including phenoxy) is 1. The van der Waals surface area contributed by atoms with E-state index >= 15 is 0 Å². The second kappa shape index (κ2) is 7.78. The lowest BCUT2D eigenvalue weighted by molar-refractivity contribution is 0.370. The molecule has 1 aromatic carbocycles. The molecule has 0 radical (unpaired) electrons. The van der Waals surface area contributed by atoms with Gasteiger partial charge in [0.2, 0.25) is 0 Å². The van der Waals surface area contributed by atoms with Crippen molar-refractivity contribution in [1.29, 1.82) is 0 Å². The zero-order valence-electron chi connectivity index (χ0n) is 18.6. The van der Waals surface area contributed by atoms with Gasteiger partial charge in [0.05, 0.1) is 12.6 Å². The summed E-state index contributed by atoms with van der Waals surface area (Å²) in [5.41, 5.74) is 3.26. The van der Waals surface area contributed by atoms with Crippen LogP contribution in [0.15, 0.2) is 40.2 Å². The number of hydrogen-bond acceptors (Lipinski definition) is 7. The van der Waals surface area contributed by atoms with Gasteiger partial charge in [-0.3, -0.25) is 13.9 Å². The fraction of sp³-hybridized carbons (Fsp3) is 0.417. The maximum atomic E-state index is 13.3. The molecule has 2 aliphatic rings. The third-order valence-electron chi connectivity index (χ3n) is 7.36. The molecule has 170 valence electrons. The van der Waals surface area contributed by atoms with Gasteiger partial charge in [-0.2, -0.15) is 0 Å². The molecule has 1 aliphatic heterocycles. The van der Waals surface area contributed by atoms with Gasteiger partial charge in [-0.05, 0) is 48.9 Å². The fourth-order valence-electron chi connectivity index (χ4n) is 5.83. The summed E-state index contributed by atoms with van der Waals surface area (Å²) in [6, 6.07) is 6.51. The number of hydrogen-bond donors (Lipinski definition) is 1. The van der Waals surface area contributed by atoms with Gasteiger partial charge in [0.15, 0.2) is 0 Å². The normalized spacial score (nSPS) is 21.9. The fourth-order valence-corrected chi connectivity index (χ4v) is 6.91. The molecule has 1 fully saturated rings. The molecule has 6 rings (SSSR count). The SMILES string of the molecule is COc1cccc2c1CC[C@H]1CNC(CCn3c(=O)c4sc5nccnc5c4n(C)c3=O)[C@@H]21. The summed E-state index contributed by atoms with van der Waals surface area (Å²) >= 11 is 1.30. The molecule has 1 aliphatic carbocycles. The molecule has 33 heavy (non-hydrogen) atoms. The Morgan fingerprint density at radius 2 is 2.09 bits per heavy atom. The van der Waals surface area contributed by atoms with Crippen LogP contribution in [0.2, 0.25) is 0 Å². The molecule has 0 amide bonds. The minimum atomic E-state index is -0.307. The minimum Gasteiger partial charge on any atom is -0.496 e. The van der Waals surface area contributed by atoms with E-state index in [0.717, 1.165) is 25.1 Å². The van der Waals surface area contributed by atoms with E-state index in [1.54, 1.807) is 26.6 Å². The van der Waals surface area contributed by atoms with Gasteiger partial charge in [0.1, 0.15) is 20.8 Å². The zero-order valence-corrected chi connectivity index (χ0v) is 19.4. The van der Waals surface area contributed by atoms with Crippen LogP contribution < -0.4 is 21.3 Å². The first-order valence-electron chi connectivity index (χ1n) is 11.3. The molecule has 3 aromatic heterocycles. The van der Waals surface area contributed by atoms with E-state index in [1.807, 2.05) is 6.07 Å². The Kier molecular flexibility index (Phi) is 4.84. The van der Waals surface area contributed by atoms with Crippen molar-refractivity contribution >= 4 is 31.9 Å². The van der Waals surface area contributed by atoms with Crippen LogP contribution in [0.3, 0.4) is 0 Å². The maximum absolute atomic E-state index is 13.3. The predicted octanol–water partition coefficient (Wildman–Crippen LogP) is 2.42. The highest BCUT2D eigenvalue weighted by Gasteiger charge is 2.40. The number of fused-ring (bicyclic) bond motifs is 6. The van der Waals surface area contributed by atoms with Gasteiger partial charge in [0.25, 0.3) is 5.56 Å². The van der Waals surface area contributed by atoms with Gasteiger partial charge in [-0.1, -0.05) is 12.1 Å². The maximum Gasteiger partial charge on any atom is 0.331 e. The van der Waals surface area contributed by atoms with Crippen molar-refractivity contribution in [1.82, 2.24) is 24.4 Å². The summed E-state index contributed by atoms with van der Waals surface area (Å²) < 4.78 is 9.06. The van der Waals surface area contributed by atoms with Crippen molar-refractivity contribution < 1.29 is 4.74 Å². The van der Waals surface area contributed by atoms with E-state index in [4.69, 9.17) is 4.74 Å². The number of benzene rings is 1. The monoisotopic (exact) mass is 463 g/mol. The molecular formula is C24H25N5O3S. The molecule has 0 bridgehead atoms. The number of thiophene rings is 1. The molecule has 1 unspecified atom stereocenters. The van der Waals surface area contributed by atoms with Crippen molar-refractivity contribution in [3.8, 4) is 5.75 Å². The van der Waals surface area contributed by atoms with E-state index in [9.17, 15) is 9.59 Å². The quantitative estimate of drug-likeness (QED) is 0.500. The van der Waals surface area contributed by atoms with Crippen molar-refractivity contribution in [2.75, 3.05) is 13.7 Å². The second-order valence-electron chi connectivity index (χ2n) is 8.94. The molecule has 9 heteroatoms. The third-order valence-corrected chi connectivity index (χ3v) is 8.42. The Labute approximate surface area is 193 Å². The Balaban J connectivity index is 1.36. The lowest BCUT2D eigenvalue weighted by Crippen LogP contribution is -2.40. The number of nitrogens with one attached hydrogen (secondary N) is 1. The summed E-state index contributed by atoms with van der Waals surface area (Å²) in [5.74, 6) is 1.89. The number of methoxy groups -OCH3 is 1. The average Bonchev–Trinajstić information content (AvgIpc) is 3.44. The van der Waals surface area contributed by atoms with Crippen LogP contribution in [0.25, 0.3) is 20.6 Å². The standard InChI is InChI=1S/C24H25N5O3S/c1-28-20-19-22(26-10-9-25-19)33-21(20)23(30)29(24(28)31)11-8-16-18-13(12-27-16)6-7-14-15(18)4-3-5-17(14)32-2/h3-5,9-10,13,16,18,27H,6-8,11-12H2,1-2H3/t13-,16?,18+/m0/s1. The first-order chi connectivity index (χ1) is 16.1. The van der Waals surface area contributed by atoms with Crippen LogP contribution >= 0.6 is 11.3 Å². The van der Waals surface area contributed by atoms with Crippen LogP contribution in [0.1, 0.15) is 29.9 Å². The minimum absolute atomic E-state index is 0.208. The Morgan fingerprint density at radius 3 is 2.94 bits per heavy atom. The van der Waals surface area contributed by atoms with Crippen LogP contribution in [0.5, 0.6) is 5.75 Å². The van der Waals surface area contributed by atoms with E-state index in [-0.39, 0.29) is 17.3 Å². The zero-order chi connectivity index (χ0) is 22.7. The van der Waals surface area contributed by atoms with Crippen molar-refractivity contribution in [2.45, 2.75) is 37.8 Å². The Bertz CT molecular complexity index is 1500. The Morgan fingerprint density at radius 1 is 1.24 bits per heavy atom. The topological polar surface area (TPSA) is 91.0 Å². The number of aryl methyl sites for hydroxylation is 1. The number of aromatic nitrogens is 4. The molecule has 8 nitrogen and oxygen atoms in total. The largest absolute Gasteiger partial charge is 0.496 e. The molecule has 3 atom stereocenters. The highest BCUT2D eigenvalue weighted by atomic mass is 32.1. The lowest BCUT2D eigenvalue weighted by atomic mass is 9.73. The average molecular weight is 464 g/mol. The van der Waals surface area contributed by atoms with Gasteiger partial charge in [-0.15, -0.1) is 11.3 Å². The van der Waals surface area contributed by atoms with E-state index in [0.29, 0.717) is 45.4 Å².